The number of hydrogen-bond acceptors (Lipinski definition) is 2. The quantitative estimate of drug-likeness (QED) is 0.714. The lowest BCUT2D eigenvalue weighted by Gasteiger charge is -1.92. The Bertz CT molecular complexity index is 187. The van der Waals surface area contributed by atoms with E-state index in [1.54, 1.807) is 24.5 Å². The molecule has 3 heteroatoms. The molecule has 0 bridgehead atoms. The zero-order valence-corrected chi connectivity index (χ0v) is 8.74. The lowest BCUT2D eigenvalue weighted by molar-refractivity contribution is -0.105. The van der Waals surface area contributed by atoms with Crippen molar-refractivity contribution in [2.24, 2.45) is 0 Å². The maximum absolute atomic E-state index is 9.84. The summed E-state index contributed by atoms with van der Waals surface area (Å²) in [5.41, 5.74) is 0.715. The molecule has 1 N–H and O–H groups in total. The van der Waals surface area contributed by atoms with Gasteiger partial charge in [-0.15, -0.1) is 0 Å². The van der Waals surface area contributed by atoms with Gasteiger partial charge in [0.25, 0.3) is 0 Å². The number of anilines is 1. The number of nitrogens with zero attached hydrogens (tertiary/aromatic N) is 1. The average Bonchev–Trinajstić information content (AvgIpc) is 2.26. The van der Waals surface area contributed by atoms with Gasteiger partial charge >= 0.3 is 0 Å². The minimum Gasteiger partial charge on any atom is -0.327 e. The largest absolute Gasteiger partial charge is 0.327 e. The van der Waals surface area contributed by atoms with Crippen LogP contribution in [-0.4, -0.2) is 11.4 Å². The molecule has 0 saturated heterocycles. The Morgan fingerprint density at radius 2 is 1.92 bits per heavy atom. The van der Waals surface area contributed by atoms with Crippen molar-refractivity contribution in [3.8, 4) is 0 Å². The van der Waals surface area contributed by atoms with E-state index in [9.17, 15) is 4.79 Å². The number of rotatable bonds is 2. The molecule has 0 spiro atoms. The van der Waals surface area contributed by atoms with Crippen LogP contribution in [0.1, 0.15) is 27.7 Å². The van der Waals surface area contributed by atoms with E-state index in [4.69, 9.17) is 0 Å². The van der Waals surface area contributed by atoms with E-state index in [1.165, 1.54) is 0 Å². The molecule has 1 aromatic heterocycles. The number of pyridine rings is 1. The Morgan fingerprint density at radius 1 is 1.31 bits per heavy atom. The second-order valence-corrected chi connectivity index (χ2v) is 1.50. The number of carbonyl (C=O) groups is 1. The van der Waals surface area contributed by atoms with Gasteiger partial charge in [-0.2, -0.15) is 0 Å². The van der Waals surface area contributed by atoms with Crippen molar-refractivity contribution in [3.63, 3.8) is 0 Å². The average molecular weight is 182 g/mol. The van der Waals surface area contributed by atoms with Crippen LogP contribution in [0, 0.1) is 0 Å². The normalized spacial score (nSPS) is 6.77. The van der Waals surface area contributed by atoms with E-state index in [0.29, 0.717) is 12.1 Å². The molecule has 0 aromatic carbocycles. The number of aromatic nitrogens is 1. The van der Waals surface area contributed by atoms with Crippen molar-refractivity contribution in [3.05, 3.63) is 24.5 Å². The number of amides is 1. The lowest BCUT2D eigenvalue weighted by Crippen LogP contribution is -1.92. The minimum absolute atomic E-state index is 0.622. The van der Waals surface area contributed by atoms with Crippen molar-refractivity contribution in [1.29, 1.82) is 0 Å². The maximum atomic E-state index is 9.84. The minimum atomic E-state index is 0.622. The van der Waals surface area contributed by atoms with Crippen molar-refractivity contribution >= 4 is 12.1 Å². The van der Waals surface area contributed by atoms with Gasteiger partial charge < -0.3 is 5.32 Å². The third kappa shape index (κ3) is 8.53. The number of carbonyl (C=O) groups excluding carboxylic acids is 1. The molecule has 0 aliphatic heterocycles. The third-order valence-electron chi connectivity index (χ3n) is 0.887. The Morgan fingerprint density at radius 3 is 2.31 bits per heavy atom. The summed E-state index contributed by atoms with van der Waals surface area (Å²) >= 11 is 0. The molecule has 3 nitrogen and oxygen atoms in total. The molecule has 1 heterocycles. The Kier molecular flexibility index (Phi) is 14.4. The third-order valence-corrected chi connectivity index (χ3v) is 0.887. The highest BCUT2D eigenvalue weighted by molar-refractivity contribution is 5.70. The first-order chi connectivity index (χ1) is 6.43. The van der Waals surface area contributed by atoms with Crippen LogP contribution in [0.2, 0.25) is 0 Å². The second-order valence-electron chi connectivity index (χ2n) is 1.50. The fourth-order valence-corrected chi connectivity index (χ4v) is 0.516. The Balaban J connectivity index is 0. The molecular weight excluding hydrogens is 164 g/mol. The summed E-state index contributed by atoms with van der Waals surface area (Å²) in [5.74, 6) is 0. The van der Waals surface area contributed by atoms with Gasteiger partial charge in [-0.05, 0) is 12.1 Å². The molecule has 1 amide bonds. The molecular formula is C10H18N2O. The summed E-state index contributed by atoms with van der Waals surface area (Å²) in [6, 6.07) is 3.52. The van der Waals surface area contributed by atoms with E-state index in [-0.39, 0.29) is 0 Å². The van der Waals surface area contributed by atoms with Gasteiger partial charge in [0.1, 0.15) is 0 Å². The van der Waals surface area contributed by atoms with Crippen LogP contribution in [0.3, 0.4) is 0 Å². The first-order valence-electron chi connectivity index (χ1n) is 4.53. The van der Waals surface area contributed by atoms with Crippen LogP contribution >= 0.6 is 0 Å². The zero-order valence-electron chi connectivity index (χ0n) is 8.74. The van der Waals surface area contributed by atoms with Gasteiger partial charge in [0, 0.05) is 6.20 Å². The maximum Gasteiger partial charge on any atom is 0.211 e. The molecule has 0 aliphatic rings. The highest BCUT2D eigenvalue weighted by atomic mass is 16.1. The van der Waals surface area contributed by atoms with E-state index in [0.717, 1.165) is 0 Å². The molecule has 13 heavy (non-hydrogen) atoms. The zero-order chi connectivity index (χ0) is 10.5. The summed E-state index contributed by atoms with van der Waals surface area (Å²) in [6.07, 6.45) is 3.85. The van der Waals surface area contributed by atoms with Crippen LogP contribution in [-0.2, 0) is 4.79 Å². The molecule has 0 atom stereocenters. The van der Waals surface area contributed by atoms with Crippen LogP contribution in [0.5, 0.6) is 0 Å². The standard InChI is InChI=1S/C6H6N2O.2C2H6/c9-5-8-6-2-1-3-7-4-6;2*1-2/h1-5H,(H,8,9);2*1-2H3. The van der Waals surface area contributed by atoms with Crippen LogP contribution < -0.4 is 5.32 Å². The van der Waals surface area contributed by atoms with Gasteiger partial charge in [0.15, 0.2) is 0 Å². The Hall–Kier alpha value is -1.38. The summed E-state index contributed by atoms with van der Waals surface area (Å²) < 4.78 is 0. The van der Waals surface area contributed by atoms with Crippen molar-refractivity contribution < 1.29 is 4.79 Å². The van der Waals surface area contributed by atoms with E-state index < -0.39 is 0 Å². The van der Waals surface area contributed by atoms with Crippen molar-refractivity contribution in [2.75, 3.05) is 5.32 Å². The molecule has 1 aromatic rings. The molecule has 0 saturated carbocycles. The van der Waals surface area contributed by atoms with Crippen molar-refractivity contribution in [2.45, 2.75) is 27.7 Å². The first-order valence-corrected chi connectivity index (χ1v) is 4.53. The van der Waals surface area contributed by atoms with Gasteiger partial charge in [0.2, 0.25) is 6.41 Å². The molecule has 1 rings (SSSR count). The number of hydrogen-bond donors (Lipinski definition) is 1. The predicted octanol–water partition coefficient (Wildman–Crippen LogP) is 2.70. The summed E-state index contributed by atoms with van der Waals surface area (Å²) in [6.45, 7) is 8.00. The van der Waals surface area contributed by atoms with E-state index >= 15 is 0 Å². The fraction of sp³-hybridized carbons (Fsp3) is 0.400. The van der Waals surface area contributed by atoms with Crippen LogP contribution in [0.25, 0.3) is 0 Å². The molecule has 0 unspecified atom stereocenters. The summed E-state index contributed by atoms with van der Waals surface area (Å²) in [4.78, 5) is 13.6. The molecule has 0 fully saturated rings. The fourth-order valence-electron chi connectivity index (χ4n) is 0.516. The van der Waals surface area contributed by atoms with E-state index in [1.807, 2.05) is 27.7 Å². The van der Waals surface area contributed by atoms with Gasteiger partial charge in [0.05, 0.1) is 11.9 Å². The highest BCUT2D eigenvalue weighted by Gasteiger charge is 1.82. The van der Waals surface area contributed by atoms with Crippen LogP contribution in [0.15, 0.2) is 24.5 Å². The summed E-state index contributed by atoms with van der Waals surface area (Å²) in [7, 11) is 0. The van der Waals surface area contributed by atoms with Crippen LogP contribution in [0.4, 0.5) is 5.69 Å². The molecule has 0 aliphatic carbocycles. The van der Waals surface area contributed by atoms with Gasteiger partial charge in [-0.25, -0.2) is 0 Å². The smallest absolute Gasteiger partial charge is 0.211 e. The molecule has 0 radical (unpaired) electrons. The molecule has 74 valence electrons. The monoisotopic (exact) mass is 182 g/mol. The Labute approximate surface area is 80.2 Å². The topological polar surface area (TPSA) is 42.0 Å². The van der Waals surface area contributed by atoms with Gasteiger partial charge in [-0.3, -0.25) is 9.78 Å². The summed E-state index contributed by atoms with van der Waals surface area (Å²) in [5, 5.41) is 2.46. The SMILES string of the molecule is CC.CC.O=CNc1cccnc1. The first kappa shape index (κ1) is 14.2. The lowest BCUT2D eigenvalue weighted by atomic mass is 10.4. The highest BCUT2D eigenvalue weighted by Crippen LogP contribution is 1.98. The second kappa shape index (κ2) is 13.2. The van der Waals surface area contributed by atoms with E-state index in [2.05, 4.69) is 10.3 Å². The predicted molar refractivity (Wildman–Crippen MR) is 56.6 cm³/mol. The van der Waals surface area contributed by atoms with Crippen molar-refractivity contribution in [1.82, 2.24) is 4.98 Å². The number of nitrogens with one attached hydrogen (secondary N) is 1. The van der Waals surface area contributed by atoms with Gasteiger partial charge in [-0.1, -0.05) is 27.7 Å².